The highest BCUT2D eigenvalue weighted by Gasteiger charge is 2.19. The van der Waals surface area contributed by atoms with Crippen LogP contribution in [0.3, 0.4) is 0 Å². The van der Waals surface area contributed by atoms with Crippen LogP contribution in [0.5, 0.6) is 0 Å². The Bertz CT molecular complexity index is 483. The van der Waals surface area contributed by atoms with Crippen molar-refractivity contribution in [2.24, 2.45) is 0 Å². The Morgan fingerprint density at radius 2 is 2.06 bits per heavy atom. The van der Waals surface area contributed by atoms with Crippen LogP contribution in [0.15, 0.2) is 36.5 Å². The van der Waals surface area contributed by atoms with Gasteiger partial charge in [-0.2, -0.15) is 5.10 Å². The fraction of sp³-hybridized carbons (Fsp3) is 0.400. The molecule has 3 rings (SSSR count). The zero-order valence-electron chi connectivity index (χ0n) is 10.5. The first kappa shape index (κ1) is 11.5. The topological polar surface area (TPSA) is 40.7 Å². The maximum atomic E-state index is 4.23. The molecule has 1 saturated heterocycles. The van der Waals surface area contributed by atoms with Gasteiger partial charge in [0.25, 0.3) is 0 Å². The van der Waals surface area contributed by atoms with E-state index in [2.05, 4.69) is 45.8 Å². The van der Waals surface area contributed by atoms with E-state index < -0.39 is 0 Å². The van der Waals surface area contributed by atoms with E-state index in [-0.39, 0.29) is 0 Å². The average Bonchev–Trinajstić information content (AvgIpc) is 2.89. The smallest absolute Gasteiger partial charge is 0.0556 e. The molecule has 1 fully saturated rings. The van der Waals surface area contributed by atoms with Crippen molar-refractivity contribution in [3.05, 3.63) is 53.3 Å². The van der Waals surface area contributed by atoms with E-state index in [1.165, 1.54) is 36.1 Å². The summed E-state index contributed by atoms with van der Waals surface area (Å²) < 4.78 is 0. The normalized spacial score (nSPS) is 19.9. The fourth-order valence-electron chi connectivity index (χ4n) is 2.68. The maximum absolute atomic E-state index is 4.23. The van der Waals surface area contributed by atoms with Gasteiger partial charge in [-0.3, -0.25) is 5.10 Å². The summed E-state index contributed by atoms with van der Waals surface area (Å²) in [6, 6.07) is 11.0. The number of nitrogens with zero attached hydrogens (tertiary/aromatic N) is 1. The van der Waals surface area contributed by atoms with Crippen LogP contribution in [0.25, 0.3) is 0 Å². The molecule has 3 nitrogen and oxygen atoms in total. The molecule has 2 aromatic rings. The van der Waals surface area contributed by atoms with E-state index in [0.29, 0.717) is 6.04 Å². The highest BCUT2D eigenvalue weighted by molar-refractivity contribution is 5.28. The highest BCUT2D eigenvalue weighted by Crippen LogP contribution is 2.25. The Hall–Kier alpha value is -1.61. The number of nitrogens with one attached hydrogen (secondary N) is 2. The summed E-state index contributed by atoms with van der Waals surface area (Å²) >= 11 is 0. The van der Waals surface area contributed by atoms with Crippen molar-refractivity contribution in [2.75, 3.05) is 6.54 Å². The zero-order valence-corrected chi connectivity index (χ0v) is 10.5. The molecule has 3 heteroatoms. The van der Waals surface area contributed by atoms with Crippen LogP contribution >= 0.6 is 0 Å². The minimum absolute atomic E-state index is 0.458. The minimum atomic E-state index is 0.458. The van der Waals surface area contributed by atoms with E-state index >= 15 is 0 Å². The average molecular weight is 241 g/mol. The Labute approximate surface area is 108 Å². The first-order valence-electron chi connectivity index (χ1n) is 6.73. The summed E-state index contributed by atoms with van der Waals surface area (Å²) in [5, 5.41) is 11.0. The van der Waals surface area contributed by atoms with Crippen molar-refractivity contribution in [3.8, 4) is 0 Å². The quantitative estimate of drug-likeness (QED) is 0.867. The number of hydrogen-bond donors (Lipinski definition) is 2. The van der Waals surface area contributed by atoms with Crippen LogP contribution in [0, 0.1) is 0 Å². The number of piperidine rings is 1. The second-order valence-electron chi connectivity index (χ2n) is 4.97. The molecule has 1 aromatic carbocycles. The van der Waals surface area contributed by atoms with E-state index in [4.69, 9.17) is 0 Å². The fourth-order valence-corrected chi connectivity index (χ4v) is 2.68. The predicted octanol–water partition coefficient (Wildman–Crippen LogP) is 2.82. The zero-order chi connectivity index (χ0) is 12.2. The number of aromatic nitrogens is 2. The molecule has 1 aromatic heterocycles. The lowest BCUT2D eigenvalue weighted by atomic mass is 9.97. The molecular weight excluding hydrogens is 222 g/mol. The monoisotopic (exact) mass is 241 g/mol. The molecule has 94 valence electrons. The summed E-state index contributed by atoms with van der Waals surface area (Å²) in [7, 11) is 0. The van der Waals surface area contributed by atoms with Crippen LogP contribution < -0.4 is 5.32 Å². The van der Waals surface area contributed by atoms with Crippen molar-refractivity contribution >= 4 is 0 Å². The molecule has 1 unspecified atom stereocenters. The van der Waals surface area contributed by atoms with Gasteiger partial charge in [-0.05, 0) is 30.5 Å². The number of aromatic amines is 1. The van der Waals surface area contributed by atoms with Gasteiger partial charge in [0.2, 0.25) is 0 Å². The molecule has 0 aliphatic carbocycles. The van der Waals surface area contributed by atoms with Gasteiger partial charge in [0.1, 0.15) is 0 Å². The van der Waals surface area contributed by atoms with Gasteiger partial charge >= 0.3 is 0 Å². The highest BCUT2D eigenvalue weighted by atomic mass is 15.1. The number of H-pyrrole nitrogens is 1. The molecular formula is C15H19N3. The van der Waals surface area contributed by atoms with Gasteiger partial charge in [-0.25, -0.2) is 0 Å². The number of benzene rings is 1. The molecule has 18 heavy (non-hydrogen) atoms. The third kappa shape index (κ3) is 2.46. The molecule has 1 aliphatic rings. The lowest BCUT2D eigenvalue weighted by molar-refractivity contribution is 0.403. The van der Waals surface area contributed by atoms with Crippen LogP contribution in [0.4, 0.5) is 0 Å². The van der Waals surface area contributed by atoms with Gasteiger partial charge in [-0.1, -0.05) is 36.8 Å². The van der Waals surface area contributed by atoms with Gasteiger partial charge in [0.05, 0.1) is 11.9 Å². The first-order valence-corrected chi connectivity index (χ1v) is 6.73. The second-order valence-corrected chi connectivity index (χ2v) is 4.97. The molecule has 0 saturated carbocycles. The third-order valence-corrected chi connectivity index (χ3v) is 3.65. The Morgan fingerprint density at radius 3 is 2.83 bits per heavy atom. The van der Waals surface area contributed by atoms with Gasteiger partial charge in [0, 0.05) is 12.5 Å². The molecule has 2 heterocycles. The van der Waals surface area contributed by atoms with Crippen molar-refractivity contribution in [1.29, 1.82) is 0 Å². The van der Waals surface area contributed by atoms with Crippen LogP contribution in [0.2, 0.25) is 0 Å². The molecule has 0 bridgehead atoms. The van der Waals surface area contributed by atoms with E-state index in [1.54, 1.807) is 0 Å². The maximum Gasteiger partial charge on any atom is 0.0556 e. The lowest BCUT2D eigenvalue weighted by Gasteiger charge is -2.23. The first-order chi connectivity index (χ1) is 8.93. The standard InChI is InChI=1S/C15H19N3/c1-2-6-12(7-3-1)10-13-11-17-18-15(13)14-8-4-5-9-16-14/h1-3,6-7,11,14,16H,4-5,8-10H2,(H,17,18). The summed E-state index contributed by atoms with van der Waals surface area (Å²) in [5.74, 6) is 0. The van der Waals surface area contributed by atoms with Crippen LogP contribution in [0.1, 0.15) is 42.1 Å². The van der Waals surface area contributed by atoms with Gasteiger partial charge in [-0.15, -0.1) is 0 Å². The van der Waals surface area contributed by atoms with Crippen LogP contribution in [-0.4, -0.2) is 16.7 Å². The second kappa shape index (κ2) is 5.36. The Morgan fingerprint density at radius 1 is 1.17 bits per heavy atom. The van der Waals surface area contributed by atoms with Crippen molar-refractivity contribution < 1.29 is 0 Å². The molecule has 1 aliphatic heterocycles. The molecule has 0 radical (unpaired) electrons. The summed E-state index contributed by atoms with van der Waals surface area (Å²) in [4.78, 5) is 0. The van der Waals surface area contributed by atoms with E-state index in [9.17, 15) is 0 Å². The SMILES string of the molecule is c1ccc(Cc2cn[nH]c2C2CCCCN2)cc1. The molecule has 0 amide bonds. The summed E-state index contributed by atoms with van der Waals surface area (Å²) in [6.07, 6.45) is 6.74. The minimum Gasteiger partial charge on any atom is -0.309 e. The lowest BCUT2D eigenvalue weighted by Crippen LogP contribution is -2.27. The number of rotatable bonds is 3. The van der Waals surface area contributed by atoms with Crippen molar-refractivity contribution in [3.63, 3.8) is 0 Å². The van der Waals surface area contributed by atoms with E-state index in [0.717, 1.165) is 13.0 Å². The van der Waals surface area contributed by atoms with Crippen molar-refractivity contribution in [2.45, 2.75) is 31.7 Å². The molecule has 1 atom stereocenters. The van der Waals surface area contributed by atoms with E-state index in [1.807, 2.05) is 6.20 Å². The number of hydrogen-bond acceptors (Lipinski definition) is 2. The molecule has 2 N–H and O–H groups in total. The Kier molecular flexibility index (Phi) is 3.42. The predicted molar refractivity (Wildman–Crippen MR) is 72.4 cm³/mol. The third-order valence-electron chi connectivity index (χ3n) is 3.65. The summed E-state index contributed by atoms with van der Waals surface area (Å²) in [5.41, 5.74) is 3.94. The van der Waals surface area contributed by atoms with Gasteiger partial charge < -0.3 is 5.32 Å². The largest absolute Gasteiger partial charge is 0.309 e. The Balaban J connectivity index is 1.78. The molecule has 0 spiro atoms. The summed E-state index contributed by atoms with van der Waals surface area (Å²) in [6.45, 7) is 1.12. The van der Waals surface area contributed by atoms with Crippen molar-refractivity contribution in [1.82, 2.24) is 15.5 Å². The van der Waals surface area contributed by atoms with Crippen LogP contribution in [-0.2, 0) is 6.42 Å². The van der Waals surface area contributed by atoms with Gasteiger partial charge in [0.15, 0.2) is 0 Å².